The van der Waals surface area contributed by atoms with Gasteiger partial charge in [0.2, 0.25) is 0 Å². The number of nitrogens with zero attached hydrogens (tertiary/aromatic N) is 2. The zero-order chi connectivity index (χ0) is 13.2. The number of benzene rings is 1. The number of hydrogen-bond donors (Lipinski definition) is 1. The lowest BCUT2D eigenvalue weighted by Crippen LogP contribution is -2.17. The van der Waals surface area contributed by atoms with Crippen LogP contribution in [0.3, 0.4) is 0 Å². The van der Waals surface area contributed by atoms with E-state index in [0.29, 0.717) is 0 Å². The zero-order valence-electron chi connectivity index (χ0n) is 10.6. The molecule has 3 rings (SSSR count). The minimum Gasteiger partial charge on any atom is -0.477 e. The van der Waals surface area contributed by atoms with Crippen molar-refractivity contribution in [1.29, 1.82) is 0 Å². The lowest BCUT2D eigenvalue weighted by atomic mass is 10.2. The van der Waals surface area contributed by atoms with E-state index in [4.69, 9.17) is 5.11 Å². The Morgan fingerprint density at radius 3 is 2.26 bits per heavy atom. The van der Waals surface area contributed by atoms with E-state index in [1.54, 1.807) is 22.9 Å². The molecule has 19 heavy (non-hydrogen) atoms. The van der Waals surface area contributed by atoms with Gasteiger partial charge in [-0.25, -0.2) is 4.79 Å². The highest BCUT2D eigenvalue weighted by Crippen LogP contribution is 2.22. The SMILES string of the molecule is O=C(O)c1cccn1-c1ccc(N2CCCC2)cc1. The Morgan fingerprint density at radius 1 is 1.00 bits per heavy atom. The molecule has 0 radical (unpaired) electrons. The summed E-state index contributed by atoms with van der Waals surface area (Å²) in [5.41, 5.74) is 2.38. The first-order valence-corrected chi connectivity index (χ1v) is 6.52. The van der Waals surface area contributed by atoms with E-state index in [0.717, 1.165) is 18.8 Å². The third-order valence-corrected chi connectivity index (χ3v) is 3.57. The summed E-state index contributed by atoms with van der Waals surface area (Å²) in [6.45, 7) is 2.23. The lowest BCUT2D eigenvalue weighted by Gasteiger charge is -2.18. The molecular weight excluding hydrogens is 240 g/mol. The summed E-state index contributed by atoms with van der Waals surface area (Å²) in [5.74, 6) is -0.909. The number of aromatic carboxylic acids is 1. The topological polar surface area (TPSA) is 45.5 Å². The monoisotopic (exact) mass is 256 g/mol. The van der Waals surface area contributed by atoms with Crippen LogP contribution in [0.4, 0.5) is 5.69 Å². The van der Waals surface area contributed by atoms with Gasteiger partial charge in [0.1, 0.15) is 5.69 Å². The number of hydrogen-bond acceptors (Lipinski definition) is 2. The Kier molecular flexibility index (Phi) is 2.99. The van der Waals surface area contributed by atoms with Crippen molar-refractivity contribution in [3.05, 3.63) is 48.3 Å². The van der Waals surface area contributed by atoms with Crippen molar-refractivity contribution in [3.8, 4) is 5.69 Å². The molecule has 0 unspecified atom stereocenters. The van der Waals surface area contributed by atoms with E-state index in [9.17, 15) is 4.79 Å². The predicted octanol–water partition coefficient (Wildman–Crippen LogP) is 2.78. The minimum absolute atomic E-state index is 0.286. The maximum absolute atomic E-state index is 11.1. The highest BCUT2D eigenvalue weighted by Gasteiger charge is 2.13. The third kappa shape index (κ3) is 2.21. The fourth-order valence-corrected chi connectivity index (χ4v) is 2.58. The largest absolute Gasteiger partial charge is 0.477 e. The minimum atomic E-state index is -0.909. The molecule has 1 aliphatic heterocycles. The quantitative estimate of drug-likeness (QED) is 0.918. The molecule has 4 heteroatoms. The lowest BCUT2D eigenvalue weighted by molar-refractivity contribution is 0.0688. The first-order chi connectivity index (χ1) is 9.25. The van der Waals surface area contributed by atoms with Crippen LogP contribution in [0, 0.1) is 0 Å². The van der Waals surface area contributed by atoms with Crippen LogP contribution in [0.25, 0.3) is 5.69 Å². The van der Waals surface area contributed by atoms with Gasteiger partial charge < -0.3 is 14.6 Å². The summed E-state index contributed by atoms with van der Waals surface area (Å²) in [6, 6.07) is 11.4. The van der Waals surface area contributed by atoms with Crippen LogP contribution in [0.1, 0.15) is 23.3 Å². The fraction of sp³-hybridized carbons (Fsp3) is 0.267. The second-order valence-corrected chi connectivity index (χ2v) is 4.78. The highest BCUT2D eigenvalue weighted by molar-refractivity contribution is 5.86. The number of carboxylic acid groups (broad SMARTS) is 1. The molecule has 1 N–H and O–H groups in total. The summed E-state index contributed by atoms with van der Waals surface area (Å²) in [5, 5.41) is 9.11. The molecule has 1 saturated heterocycles. The van der Waals surface area contributed by atoms with Crippen LogP contribution in [0.15, 0.2) is 42.6 Å². The van der Waals surface area contributed by atoms with Crippen molar-refractivity contribution >= 4 is 11.7 Å². The molecular formula is C15H16N2O2. The van der Waals surface area contributed by atoms with E-state index in [2.05, 4.69) is 17.0 Å². The van der Waals surface area contributed by atoms with E-state index < -0.39 is 5.97 Å². The molecule has 1 aliphatic rings. The Balaban J connectivity index is 1.89. The van der Waals surface area contributed by atoms with Gasteiger partial charge in [-0.15, -0.1) is 0 Å². The maximum Gasteiger partial charge on any atom is 0.352 e. The van der Waals surface area contributed by atoms with Gasteiger partial charge in [-0.3, -0.25) is 0 Å². The summed E-state index contributed by atoms with van der Waals surface area (Å²) >= 11 is 0. The number of aromatic nitrogens is 1. The fourth-order valence-electron chi connectivity index (χ4n) is 2.58. The number of carbonyl (C=O) groups is 1. The third-order valence-electron chi connectivity index (χ3n) is 3.57. The number of carboxylic acids is 1. The van der Waals surface area contributed by atoms with Gasteiger partial charge in [-0.05, 0) is 49.2 Å². The first-order valence-electron chi connectivity index (χ1n) is 6.52. The van der Waals surface area contributed by atoms with Crippen molar-refractivity contribution in [2.45, 2.75) is 12.8 Å². The highest BCUT2D eigenvalue weighted by atomic mass is 16.4. The zero-order valence-corrected chi connectivity index (χ0v) is 10.6. The van der Waals surface area contributed by atoms with Crippen molar-refractivity contribution in [3.63, 3.8) is 0 Å². The molecule has 0 saturated carbocycles. The average molecular weight is 256 g/mol. The molecule has 1 fully saturated rings. The smallest absolute Gasteiger partial charge is 0.352 e. The molecule has 1 aromatic heterocycles. The Labute approximate surface area is 111 Å². The van der Waals surface area contributed by atoms with E-state index in [1.165, 1.54) is 18.5 Å². The maximum atomic E-state index is 11.1. The van der Waals surface area contributed by atoms with Crippen molar-refractivity contribution in [2.24, 2.45) is 0 Å². The van der Waals surface area contributed by atoms with E-state index >= 15 is 0 Å². The average Bonchev–Trinajstić information content (AvgIpc) is 3.10. The first kappa shape index (κ1) is 11.8. The second-order valence-electron chi connectivity index (χ2n) is 4.78. The van der Waals surface area contributed by atoms with Gasteiger partial charge in [-0.2, -0.15) is 0 Å². The van der Waals surface area contributed by atoms with E-state index in [-0.39, 0.29) is 5.69 Å². The van der Waals surface area contributed by atoms with Crippen LogP contribution in [0.5, 0.6) is 0 Å². The number of anilines is 1. The summed E-state index contributed by atoms with van der Waals surface area (Å²) < 4.78 is 1.69. The van der Waals surface area contributed by atoms with Crippen molar-refractivity contribution in [2.75, 3.05) is 18.0 Å². The summed E-state index contributed by atoms with van der Waals surface area (Å²) in [7, 11) is 0. The van der Waals surface area contributed by atoms with Crippen LogP contribution in [0.2, 0.25) is 0 Å². The molecule has 0 atom stereocenters. The van der Waals surface area contributed by atoms with Crippen LogP contribution in [-0.4, -0.2) is 28.7 Å². The normalized spacial score (nSPS) is 14.8. The van der Waals surface area contributed by atoms with Gasteiger partial charge in [0.05, 0.1) is 0 Å². The van der Waals surface area contributed by atoms with E-state index in [1.807, 2.05) is 12.1 Å². The second kappa shape index (κ2) is 4.80. The summed E-state index contributed by atoms with van der Waals surface area (Å²) in [6.07, 6.45) is 4.28. The van der Waals surface area contributed by atoms with Crippen molar-refractivity contribution < 1.29 is 9.90 Å². The molecule has 0 spiro atoms. The predicted molar refractivity (Wildman–Crippen MR) is 74.2 cm³/mol. The molecule has 98 valence electrons. The summed E-state index contributed by atoms with van der Waals surface area (Å²) in [4.78, 5) is 13.5. The molecule has 4 nitrogen and oxygen atoms in total. The standard InChI is InChI=1S/C15H16N2O2/c18-15(19)14-4-3-11-17(14)13-7-5-12(6-8-13)16-9-1-2-10-16/h3-8,11H,1-2,9-10H2,(H,18,19). The molecule has 0 aliphatic carbocycles. The van der Waals surface area contributed by atoms with Gasteiger partial charge in [-0.1, -0.05) is 0 Å². The Hall–Kier alpha value is -2.23. The van der Waals surface area contributed by atoms with Crippen LogP contribution < -0.4 is 4.90 Å². The van der Waals surface area contributed by atoms with Crippen molar-refractivity contribution in [1.82, 2.24) is 4.57 Å². The van der Waals surface area contributed by atoms with Gasteiger partial charge >= 0.3 is 5.97 Å². The molecule has 2 heterocycles. The number of rotatable bonds is 3. The molecule has 1 aromatic carbocycles. The molecule has 0 bridgehead atoms. The van der Waals surface area contributed by atoms with Gasteiger partial charge in [0, 0.05) is 30.7 Å². The Morgan fingerprint density at radius 2 is 1.63 bits per heavy atom. The van der Waals surface area contributed by atoms with Crippen LogP contribution in [-0.2, 0) is 0 Å². The molecule has 2 aromatic rings. The van der Waals surface area contributed by atoms with Gasteiger partial charge in [0.15, 0.2) is 0 Å². The molecule has 0 amide bonds. The van der Waals surface area contributed by atoms with Crippen LogP contribution >= 0.6 is 0 Å². The Bertz CT molecular complexity index is 580. The van der Waals surface area contributed by atoms with Gasteiger partial charge in [0.25, 0.3) is 0 Å².